The quantitative estimate of drug-likeness (QED) is 0.323. The summed E-state index contributed by atoms with van der Waals surface area (Å²) >= 11 is 0. The van der Waals surface area contributed by atoms with E-state index in [4.69, 9.17) is 23.7 Å². The fourth-order valence-electron chi connectivity index (χ4n) is 5.29. The average molecular weight is 531 g/mol. The molecule has 4 heterocycles. The van der Waals surface area contributed by atoms with E-state index >= 15 is 0 Å². The minimum absolute atomic E-state index is 0.0955. The van der Waals surface area contributed by atoms with Crippen LogP contribution in [0.5, 0.6) is 0 Å². The summed E-state index contributed by atoms with van der Waals surface area (Å²) < 4.78 is 28.9. The first-order valence-corrected chi connectivity index (χ1v) is 13.7. The molecule has 0 aliphatic carbocycles. The highest BCUT2D eigenvalue weighted by atomic mass is 16.6. The number of fused-ring (bicyclic) bond motifs is 3. The Balaban J connectivity index is 1.44. The summed E-state index contributed by atoms with van der Waals surface area (Å²) in [5.41, 5.74) is 2.19. The van der Waals surface area contributed by atoms with Gasteiger partial charge in [-0.05, 0) is 45.4 Å². The third-order valence-electron chi connectivity index (χ3n) is 7.54. The van der Waals surface area contributed by atoms with E-state index in [1.807, 2.05) is 31.2 Å². The number of hydrogen-bond donors (Lipinski definition) is 2. The number of methoxy groups -OCH3 is 1. The SMILES string of the molecule is C=C1CCC[C@H]2O[C@@H](C=C[C@@H]2OC)CC=CC(=O)O[C@H]([C@@H](O)C=C[C@@H]2CC(C)=CCO2)C[C@@H]2O[C@H]2[C@@H](O)C1. The van der Waals surface area contributed by atoms with Crippen molar-refractivity contribution in [3.63, 3.8) is 0 Å². The van der Waals surface area contributed by atoms with Crippen LogP contribution in [0.15, 0.2) is 60.3 Å². The van der Waals surface area contributed by atoms with Gasteiger partial charge in [0.15, 0.2) is 0 Å². The molecule has 8 heteroatoms. The summed E-state index contributed by atoms with van der Waals surface area (Å²) in [5, 5.41) is 21.6. The molecule has 2 bridgehead atoms. The fraction of sp³-hybridized carbons (Fsp3) is 0.633. The highest BCUT2D eigenvalue weighted by Crippen LogP contribution is 2.34. The van der Waals surface area contributed by atoms with Gasteiger partial charge in [-0.1, -0.05) is 54.2 Å². The molecule has 4 aliphatic heterocycles. The number of ether oxygens (including phenoxy) is 5. The molecule has 0 aromatic carbocycles. The monoisotopic (exact) mass is 530 g/mol. The van der Waals surface area contributed by atoms with Crippen LogP contribution >= 0.6 is 0 Å². The van der Waals surface area contributed by atoms with Crippen molar-refractivity contribution in [1.82, 2.24) is 0 Å². The summed E-state index contributed by atoms with van der Waals surface area (Å²) in [6, 6.07) is 0. The van der Waals surface area contributed by atoms with Gasteiger partial charge in [-0.15, -0.1) is 0 Å². The third-order valence-corrected chi connectivity index (χ3v) is 7.54. The van der Waals surface area contributed by atoms with Crippen LogP contribution in [-0.4, -0.2) is 84.8 Å². The lowest BCUT2D eigenvalue weighted by Crippen LogP contribution is -2.36. The maximum absolute atomic E-state index is 12.7. The number of carbonyl (C=O) groups excluding carboxylic acids is 1. The number of aliphatic hydroxyl groups is 2. The van der Waals surface area contributed by atoms with Crippen molar-refractivity contribution in [1.29, 1.82) is 0 Å². The van der Waals surface area contributed by atoms with Gasteiger partial charge in [0.1, 0.15) is 24.4 Å². The number of hydrogen-bond acceptors (Lipinski definition) is 8. The Labute approximate surface area is 225 Å². The number of esters is 1. The molecule has 8 nitrogen and oxygen atoms in total. The Morgan fingerprint density at radius 2 is 2.05 bits per heavy atom. The van der Waals surface area contributed by atoms with Gasteiger partial charge in [-0.3, -0.25) is 0 Å². The molecule has 1 fully saturated rings. The first-order valence-electron chi connectivity index (χ1n) is 13.7. The molecule has 4 aliphatic rings. The zero-order valence-electron chi connectivity index (χ0n) is 22.4. The molecule has 4 rings (SSSR count). The lowest BCUT2D eigenvalue weighted by atomic mass is 9.96. The van der Waals surface area contributed by atoms with Gasteiger partial charge >= 0.3 is 5.97 Å². The van der Waals surface area contributed by atoms with E-state index in [2.05, 4.69) is 6.58 Å². The molecule has 0 aromatic heterocycles. The van der Waals surface area contributed by atoms with E-state index in [9.17, 15) is 15.0 Å². The van der Waals surface area contributed by atoms with Crippen LogP contribution in [0.25, 0.3) is 0 Å². The Bertz CT molecular complexity index is 937. The summed E-state index contributed by atoms with van der Waals surface area (Å²) in [5.74, 6) is -0.548. The van der Waals surface area contributed by atoms with Gasteiger partial charge in [-0.25, -0.2) is 4.79 Å². The molecule has 0 aromatic rings. The maximum Gasteiger partial charge on any atom is 0.330 e. The number of carbonyl (C=O) groups is 1. The van der Waals surface area contributed by atoms with Crippen molar-refractivity contribution < 1.29 is 38.7 Å². The van der Waals surface area contributed by atoms with Crippen LogP contribution in [0.3, 0.4) is 0 Å². The lowest BCUT2D eigenvalue weighted by Gasteiger charge is -2.31. The first kappa shape index (κ1) is 28.9. The Hall–Kier alpha value is -2.07. The summed E-state index contributed by atoms with van der Waals surface area (Å²) in [7, 11) is 1.67. The van der Waals surface area contributed by atoms with Crippen molar-refractivity contribution >= 4 is 5.97 Å². The lowest BCUT2D eigenvalue weighted by molar-refractivity contribution is -0.148. The standard InChI is InChI=1S/C30H42O8/c1-19-6-4-8-26-25(34-3)13-11-21(36-26)7-5-9-29(33)37-27(18-28-30(38-28)24(32)17-19)23(31)12-10-22-16-20(2)14-15-35-22/h5,9-14,21-28,30-32H,1,4,6-8,15-18H2,2-3H3/t21-,22-,23+,24+,25+,26-,27+,28+,30+/m1/s1. The van der Waals surface area contributed by atoms with E-state index < -0.39 is 24.3 Å². The predicted octanol–water partition coefficient (Wildman–Crippen LogP) is 3.48. The number of epoxide rings is 1. The molecular formula is C30H42O8. The largest absolute Gasteiger partial charge is 0.456 e. The van der Waals surface area contributed by atoms with Gasteiger partial charge in [0, 0.05) is 19.6 Å². The van der Waals surface area contributed by atoms with Gasteiger partial charge in [-0.2, -0.15) is 0 Å². The van der Waals surface area contributed by atoms with E-state index in [1.165, 1.54) is 11.6 Å². The zero-order chi connectivity index (χ0) is 27.1. The normalized spacial score (nSPS) is 38.1. The highest BCUT2D eigenvalue weighted by Gasteiger charge is 2.46. The molecule has 210 valence electrons. The van der Waals surface area contributed by atoms with Crippen molar-refractivity contribution in [3.05, 3.63) is 60.3 Å². The molecular weight excluding hydrogens is 488 g/mol. The van der Waals surface area contributed by atoms with Crippen LogP contribution in [0.2, 0.25) is 0 Å². The predicted molar refractivity (Wildman–Crippen MR) is 142 cm³/mol. The molecule has 9 atom stereocenters. The number of aliphatic hydroxyl groups excluding tert-OH is 2. The van der Waals surface area contributed by atoms with Crippen LogP contribution in [0.1, 0.15) is 51.9 Å². The van der Waals surface area contributed by atoms with Crippen molar-refractivity contribution in [2.24, 2.45) is 0 Å². The second kappa shape index (κ2) is 13.8. The fourth-order valence-corrected chi connectivity index (χ4v) is 5.29. The van der Waals surface area contributed by atoms with E-state index in [-0.39, 0.29) is 43.0 Å². The molecule has 0 saturated carbocycles. The van der Waals surface area contributed by atoms with Crippen molar-refractivity contribution in [3.8, 4) is 0 Å². The van der Waals surface area contributed by atoms with E-state index in [0.717, 1.165) is 31.3 Å². The van der Waals surface area contributed by atoms with Gasteiger partial charge in [0.25, 0.3) is 0 Å². The first-order chi connectivity index (χ1) is 18.3. The average Bonchev–Trinajstić information content (AvgIpc) is 3.66. The summed E-state index contributed by atoms with van der Waals surface area (Å²) in [4.78, 5) is 12.7. The minimum Gasteiger partial charge on any atom is -0.456 e. The highest BCUT2D eigenvalue weighted by molar-refractivity contribution is 5.82. The van der Waals surface area contributed by atoms with Crippen LogP contribution < -0.4 is 0 Å². The summed E-state index contributed by atoms with van der Waals surface area (Å²) in [6.45, 7) is 6.73. The molecule has 0 amide bonds. The number of cyclic esters (lactones) is 1. The second-order valence-corrected chi connectivity index (χ2v) is 10.7. The number of rotatable bonds is 4. The van der Waals surface area contributed by atoms with Crippen LogP contribution in [0, 0.1) is 0 Å². The Kier molecular flexibility index (Phi) is 10.5. The van der Waals surface area contributed by atoms with Crippen LogP contribution in [0.4, 0.5) is 0 Å². The van der Waals surface area contributed by atoms with Crippen molar-refractivity contribution in [2.45, 2.75) is 107 Å². The molecule has 0 spiro atoms. The molecule has 1 saturated heterocycles. The van der Waals surface area contributed by atoms with Gasteiger partial charge in [0.05, 0.1) is 37.1 Å². The molecule has 38 heavy (non-hydrogen) atoms. The molecule has 0 radical (unpaired) electrons. The maximum atomic E-state index is 12.7. The molecule has 0 unspecified atom stereocenters. The van der Waals surface area contributed by atoms with E-state index in [0.29, 0.717) is 19.4 Å². The van der Waals surface area contributed by atoms with Gasteiger partial charge < -0.3 is 33.9 Å². The third kappa shape index (κ3) is 8.46. The van der Waals surface area contributed by atoms with Crippen molar-refractivity contribution in [2.75, 3.05) is 13.7 Å². The Morgan fingerprint density at radius 1 is 1.21 bits per heavy atom. The van der Waals surface area contributed by atoms with E-state index in [1.54, 1.807) is 19.3 Å². The smallest absolute Gasteiger partial charge is 0.330 e. The van der Waals surface area contributed by atoms with Gasteiger partial charge in [0.2, 0.25) is 0 Å². The minimum atomic E-state index is -1.04. The van der Waals surface area contributed by atoms with Crippen LogP contribution in [-0.2, 0) is 28.5 Å². The summed E-state index contributed by atoms with van der Waals surface area (Å²) in [6.07, 6.45) is 13.2. The second-order valence-electron chi connectivity index (χ2n) is 10.7. The molecule has 2 N–H and O–H groups in total. The Morgan fingerprint density at radius 3 is 2.84 bits per heavy atom. The topological polar surface area (TPSA) is 107 Å². The zero-order valence-corrected chi connectivity index (χ0v) is 22.4.